The van der Waals surface area contributed by atoms with E-state index in [1.807, 2.05) is 30.3 Å². The Morgan fingerprint density at radius 2 is 1.88 bits per heavy atom. The minimum absolute atomic E-state index is 0.0432. The van der Waals surface area contributed by atoms with Gasteiger partial charge >= 0.3 is 5.97 Å². The number of rotatable bonds is 6. The molecule has 0 saturated carbocycles. The van der Waals surface area contributed by atoms with Crippen LogP contribution in [0.15, 0.2) is 30.3 Å². The van der Waals surface area contributed by atoms with E-state index in [2.05, 4.69) is 0 Å². The second-order valence-electron chi connectivity index (χ2n) is 3.93. The summed E-state index contributed by atoms with van der Waals surface area (Å²) in [4.78, 5) is 21.8. The third kappa shape index (κ3) is 4.26. The average Bonchev–Trinajstić information content (AvgIpc) is 2.25. The van der Waals surface area contributed by atoms with Gasteiger partial charge in [-0.15, -0.1) is 0 Å². The first kappa shape index (κ1) is 12.4. The Kier molecular flexibility index (Phi) is 4.70. The molecule has 1 rings (SSSR count). The minimum Gasteiger partial charge on any atom is -0.481 e. The van der Waals surface area contributed by atoms with E-state index in [1.165, 1.54) is 6.92 Å². The number of benzene rings is 1. The van der Waals surface area contributed by atoms with E-state index in [0.29, 0.717) is 6.42 Å². The van der Waals surface area contributed by atoms with Crippen LogP contribution in [0.25, 0.3) is 0 Å². The number of carbonyl (C=O) groups is 2. The molecule has 0 heterocycles. The lowest BCUT2D eigenvalue weighted by molar-refractivity contribution is -0.140. The van der Waals surface area contributed by atoms with E-state index >= 15 is 0 Å². The third-order valence-electron chi connectivity index (χ3n) is 2.62. The van der Waals surface area contributed by atoms with Gasteiger partial charge in [0.1, 0.15) is 5.78 Å². The zero-order valence-corrected chi connectivity index (χ0v) is 9.35. The van der Waals surface area contributed by atoms with E-state index in [1.54, 1.807) is 0 Å². The maximum absolute atomic E-state index is 11.2. The minimum atomic E-state index is -0.909. The molecule has 3 nitrogen and oxygen atoms in total. The molecule has 0 spiro atoms. The standard InChI is InChI=1S/C13H16O3/c1-10(14)12(9-13(15)16)8-7-11-5-3-2-4-6-11/h2-6,12H,7-9H2,1H3,(H,15,16)/t12-/m0/s1. The lowest BCUT2D eigenvalue weighted by Gasteiger charge is -2.10. The Morgan fingerprint density at radius 1 is 1.25 bits per heavy atom. The molecule has 1 atom stereocenters. The number of carboxylic acid groups (broad SMARTS) is 1. The fraction of sp³-hybridized carbons (Fsp3) is 0.385. The average molecular weight is 220 g/mol. The number of Topliss-reactive ketones (excluding diaryl/α,β-unsaturated/α-hetero) is 1. The van der Waals surface area contributed by atoms with E-state index in [0.717, 1.165) is 12.0 Å². The highest BCUT2D eigenvalue weighted by molar-refractivity contribution is 5.82. The van der Waals surface area contributed by atoms with Gasteiger partial charge in [0.05, 0.1) is 6.42 Å². The smallest absolute Gasteiger partial charge is 0.304 e. The number of aliphatic carboxylic acids is 1. The van der Waals surface area contributed by atoms with Gasteiger partial charge in [-0.25, -0.2) is 0 Å². The highest BCUT2D eigenvalue weighted by Gasteiger charge is 2.17. The van der Waals surface area contributed by atoms with Gasteiger partial charge in [0.15, 0.2) is 0 Å². The maximum Gasteiger partial charge on any atom is 0.304 e. The van der Waals surface area contributed by atoms with Crippen molar-refractivity contribution in [2.75, 3.05) is 0 Å². The zero-order valence-electron chi connectivity index (χ0n) is 9.35. The van der Waals surface area contributed by atoms with Crippen LogP contribution in [0.5, 0.6) is 0 Å². The fourth-order valence-electron chi connectivity index (χ4n) is 1.65. The second-order valence-corrected chi connectivity index (χ2v) is 3.93. The highest BCUT2D eigenvalue weighted by atomic mass is 16.4. The number of hydrogen-bond donors (Lipinski definition) is 1. The Hall–Kier alpha value is -1.64. The molecule has 0 amide bonds. The topological polar surface area (TPSA) is 54.4 Å². The summed E-state index contributed by atoms with van der Waals surface area (Å²) in [5, 5.41) is 8.68. The Labute approximate surface area is 95.1 Å². The number of hydrogen-bond acceptors (Lipinski definition) is 2. The first-order valence-corrected chi connectivity index (χ1v) is 5.35. The van der Waals surface area contributed by atoms with Crippen LogP contribution in [0.3, 0.4) is 0 Å². The molecular formula is C13H16O3. The van der Waals surface area contributed by atoms with Gasteiger partial charge in [-0.2, -0.15) is 0 Å². The van der Waals surface area contributed by atoms with Gasteiger partial charge in [0, 0.05) is 5.92 Å². The normalized spacial score (nSPS) is 12.1. The van der Waals surface area contributed by atoms with E-state index in [9.17, 15) is 9.59 Å². The van der Waals surface area contributed by atoms with Crippen LogP contribution in [0.2, 0.25) is 0 Å². The molecule has 3 heteroatoms. The molecule has 1 aromatic carbocycles. The van der Waals surface area contributed by atoms with Crippen LogP contribution in [0.4, 0.5) is 0 Å². The van der Waals surface area contributed by atoms with Crippen molar-refractivity contribution < 1.29 is 14.7 Å². The number of aryl methyl sites for hydroxylation is 1. The van der Waals surface area contributed by atoms with Gasteiger partial charge in [-0.05, 0) is 25.3 Å². The van der Waals surface area contributed by atoms with E-state index in [4.69, 9.17) is 5.11 Å². The molecular weight excluding hydrogens is 204 g/mol. The van der Waals surface area contributed by atoms with Crippen LogP contribution >= 0.6 is 0 Å². The van der Waals surface area contributed by atoms with E-state index < -0.39 is 5.97 Å². The molecule has 86 valence electrons. The molecule has 0 saturated heterocycles. The summed E-state index contributed by atoms with van der Waals surface area (Å²) in [7, 11) is 0. The third-order valence-corrected chi connectivity index (χ3v) is 2.62. The van der Waals surface area contributed by atoms with Crippen LogP contribution in [-0.4, -0.2) is 16.9 Å². The fourth-order valence-corrected chi connectivity index (χ4v) is 1.65. The van der Waals surface area contributed by atoms with E-state index in [-0.39, 0.29) is 18.1 Å². The molecule has 16 heavy (non-hydrogen) atoms. The molecule has 0 aliphatic carbocycles. The monoisotopic (exact) mass is 220 g/mol. The number of carbonyl (C=O) groups excluding carboxylic acids is 1. The van der Waals surface area contributed by atoms with Crippen molar-refractivity contribution in [2.45, 2.75) is 26.2 Å². The lowest BCUT2D eigenvalue weighted by atomic mass is 9.93. The van der Waals surface area contributed by atoms with Gasteiger partial charge < -0.3 is 5.11 Å². The molecule has 1 N–H and O–H groups in total. The van der Waals surface area contributed by atoms with Crippen molar-refractivity contribution in [2.24, 2.45) is 5.92 Å². The van der Waals surface area contributed by atoms with Gasteiger partial charge in [-0.1, -0.05) is 30.3 Å². The molecule has 0 radical (unpaired) electrons. The van der Waals surface area contributed by atoms with Crippen molar-refractivity contribution in [3.63, 3.8) is 0 Å². The van der Waals surface area contributed by atoms with Crippen LogP contribution in [0, 0.1) is 5.92 Å². The number of ketones is 1. The van der Waals surface area contributed by atoms with Crippen molar-refractivity contribution in [1.29, 1.82) is 0 Å². The summed E-state index contributed by atoms with van der Waals surface area (Å²) in [5.41, 5.74) is 1.14. The Balaban J connectivity index is 2.50. The van der Waals surface area contributed by atoms with Crippen molar-refractivity contribution in [3.8, 4) is 0 Å². The molecule has 0 aromatic heterocycles. The molecule has 1 aromatic rings. The van der Waals surface area contributed by atoms with Crippen LogP contribution < -0.4 is 0 Å². The molecule has 0 fully saturated rings. The molecule has 0 bridgehead atoms. The SMILES string of the molecule is CC(=O)[C@@H](CCc1ccccc1)CC(=O)O. The van der Waals surface area contributed by atoms with Gasteiger partial charge in [0.2, 0.25) is 0 Å². The first-order chi connectivity index (χ1) is 7.59. The van der Waals surface area contributed by atoms with Crippen molar-refractivity contribution in [3.05, 3.63) is 35.9 Å². The predicted octanol–water partition coefficient (Wildman–Crippen LogP) is 2.30. The van der Waals surface area contributed by atoms with Gasteiger partial charge in [0.25, 0.3) is 0 Å². The summed E-state index contributed by atoms with van der Waals surface area (Å²) in [6, 6.07) is 9.78. The van der Waals surface area contributed by atoms with Crippen molar-refractivity contribution in [1.82, 2.24) is 0 Å². The van der Waals surface area contributed by atoms with Gasteiger partial charge in [-0.3, -0.25) is 9.59 Å². The number of carboxylic acids is 1. The quantitative estimate of drug-likeness (QED) is 0.800. The zero-order chi connectivity index (χ0) is 12.0. The Bertz CT molecular complexity index is 357. The van der Waals surface area contributed by atoms with Crippen LogP contribution in [0.1, 0.15) is 25.3 Å². The van der Waals surface area contributed by atoms with Crippen LogP contribution in [-0.2, 0) is 16.0 Å². The summed E-state index contributed by atoms with van der Waals surface area (Å²) in [5.74, 6) is -1.32. The predicted molar refractivity (Wildman–Crippen MR) is 61.2 cm³/mol. The Morgan fingerprint density at radius 3 is 2.38 bits per heavy atom. The summed E-state index contributed by atoms with van der Waals surface area (Å²) >= 11 is 0. The first-order valence-electron chi connectivity index (χ1n) is 5.35. The lowest BCUT2D eigenvalue weighted by Crippen LogP contribution is -2.16. The summed E-state index contributed by atoms with van der Waals surface area (Å²) in [6.45, 7) is 1.46. The van der Waals surface area contributed by atoms with Crippen molar-refractivity contribution >= 4 is 11.8 Å². The highest BCUT2D eigenvalue weighted by Crippen LogP contribution is 2.14. The second kappa shape index (κ2) is 6.05. The summed E-state index contributed by atoms with van der Waals surface area (Å²) < 4.78 is 0. The molecule has 0 aliphatic heterocycles. The molecule has 0 aliphatic rings. The maximum atomic E-state index is 11.2. The summed E-state index contributed by atoms with van der Waals surface area (Å²) in [6.07, 6.45) is 1.28. The molecule has 0 unspecified atom stereocenters. The largest absolute Gasteiger partial charge is 0.481 e.